The van der Waals surface area contributed by atoms with E-state index in [1.165, 1.54) is 37.5 Å². The first-order valence-corrected chi connectivity index (χ1v) is 9.26. The first kappa shape index (κ1) is 15.1. The van der Waals surface area contributed by atoms with Gasteiger partial charge in [-0.05, 0) is 37.3 Å². The molecule has 23 heavy (non-hydrogen) atoms. The smallest absolute Gasteiger partial charge is 0.323 e. The number of hydrogen-bond acceptors (Lipinski definition) is 5. The predicted octanol–water partition coefficient (Wildman–Crippen LogP) is 3.60. The first-order valence-electron chi connectivity index (χ1n) is 8.44. The number of nitrogens with zero attached hydrogens (tertiary/aromatic N) is 2. The Morgan fingerprint density at radius 1 is 1.35 bits per heavy atom. The molecular formula is C18H22N2O2S. The molecule has 1 aliphatic carbocycles. The third-order valence-corrected chi connectivity index (χ3v) is 6.37. The second-order valence-electron chi connectivity index (χ2n) is 6.63. The van der Waals surface area contributed by atoms with Crippen LogP contribution in [0.2, 0.25) is 0 Å². The maximum absolute atomic E-state index is 12.2. The molecule has 5 heteroatoms. The average molecular weight is 330 g/mol. The Kier molecular flexibility index (Phi) is 4.07. The van der Waals surface area contributed by atoms with Crippen molar-refractivity contribution in [1.82, 2.24) is 9.88 Å². The van der Waals surface area contributed by atoms with E-state index in [4.69, 9.17) is 9.72 Å². The van der Waals surface area contributed by atoms with Crippen LogP contribution in [0, 0.1) is 5.92 Å². The number of thiazole rings is 1. The van der Waals surface area contributed by atoms with Crippen molar-refractivity contribution in [2.75, 3.05) is 7.11 Å². The van der Waals surface area contributed by atoms with Crippen molar-refractivity contribution in [3.63, 3.8) is 0 Å². The monoisotopic (exact) mass is 330 g/mol. The van der Waals surface area contributed by atoms with Crippen molar-refractivity contribution in [3.8, 4) is 0 Å². The van der Waals surface area contributed by atoms with Gasteiger partial charge in [0.2, 0.25) is 0 Å². The zero-order valence-electron chi connectivity index (χ0n) is 13.4. The van der Waals surface area contributed by atoms with Crippen molar-refractivity contribution in [2.45, 2.75) is 50.7 Å². The molecule has 1 aliphatic heterocycles. The first-order chi connectivity index (χ1) is 11.3. The van der Waals surface area contributed by atoms with Gasteiger partial charge in [-0.25, -0.2) is 4.98 Å². The summed E-state index contributed by atoms with van der Waals surface area (Å²) >= 11 is 1.74. The Bertz CT molecular complexity index is 681. The van der Waals surface area contributed by atoms with Crippen LogP contribution in [0.5, 0.6) is 0 Å². The molecule has 4 nitrogen and oxygen atoms in total. The number of esters is 1. The Labute approximate surface area is 140 Å². The highest BCUT2D eigenvalue weighted by molar-refractivity contribution is 7.18. The maximum Gasteiger partial charge on any atom is 0.323 e. The molecule has 1 saturated heterocycles. The third-order valence-electron chi connectivity index (χ3n) is 5.35. The summed E-state index contributed by atoms with van der Waals surface area (Å²) in [6.07, 6.45) is 5.95. The Morgan fingerprint density at radius 2 is 2.17 bits per heavy atom. The van der Waals surface area contributed by atoms with Gasteiger partial charge in [-0.2, -0.15) is 0 Å². The number of para-hydroxylation sites is 1. The summed E-state index contributed by atoms with van der Waals surface area (Å²) in [6.45, 7) is 0.764. The van der Waals surface area contributed by atoms with E-state index < -0.39 is 0 Å². The minimum atomic E-state index is -0.0971. The molecule has 0 radical (unpaired) electrons. The van der Waals surface area contributed by atoms with E-state index in [2.05, 4.69) is 23.1 Å². The van der Waals surface area contributed by atoms with Crippen LogP contribution in [0.3, 0.4) is 0 Å². The molecule has 2 aromatic rings. The number of rotatable bonds is 3. The molecule has 2 fully saturated rings. The Hall–Kier alpha value is -1.46. The normalized spacial score (nSPS) is 28.0. The molecule has 0 spiro atoms. The van der Waals surface area contributed by atoms with Crippen molar-refractivity contribution >= 4 is 27.5 Å². The summed E-state index contributed by atoms with van der Waals surface area (Å²) in [5.41, 5.74) is 1.06. The highest BCUT2D eigenvalue weighted by Crippen LogP contribution is 2.41. The molecule has 1 aromatic carbocycles. The summed E-state index contributed by atoms with van der Waals surface area (Å²) in [5.74, 6) is 0.558. The molecule has 0 amide bonds. The number of benzene rings is 1. The van der Waals surface area contributed by atoms with E-state index in [-0.39, 0.29) is 12.0 Å². The van der Waals surface area contributed by atoms with Crippen LogP contribution in [0.15, 0.2) is 24.3 Å². The van der Waals surface area contributed by atoms with Crippen LogP contribution in [0.25, 0.3) is 10.2 Å². The lowest BCUT2D eigenvalue weighted by Crippen LogP contribution is -2.42. The SMILES string of the molecule is COC(=O)[C@@H]1C[C@@H]2CCCC[C@@H]2N1Cc1nc2ccccc2s1. The second kappa shape index (κ2) is 6.21. The standard InChI is InChI=1S/C18H22N2O2S/c1-22-18(21)15-10-12-6-2-4-8-14(12)20(15)11-17-19-13-7-3-5-9-16(13)23-17/h3,5,7,9,12,14-15H,2,4,6,8,10-11H2,1H3/t12-,14-,15-/m0/s1. The summed E-state index contributed by atoms with van der Waals surface area (Å²) in [4.78, 5) is 19.4. The molecule has 2 heterocycles. The molecule has 1 aromatic heterocycles. The summed E-state index contributed by atoms with van der Waals surface area (Å²) in [6, 6.07) is 8.66. The zero-order chi connectivity index (χ0) is 15.8. The highest BCUT2D eigenvalue weighted by Gasteiger charge is 2.45. The molecule has 0 unspecified atom stereocenters. The lowest BCUT2D eigenvalue weighted by atomic mass is 9.85. The number of aromatic nitrogens is 1. The van der Waals surface area contributed by atoms with Gasteiger partial charge in [-0.1, -0.05) is 25.0 Å². The van der Waals surface area contributed by atoms with E-state index >= 15 is 0 Å². The van der Waals surface area contributed by atoms with Crippen molar-refractivity contribution in [3.05, 3.63) is 29.3 Å². The van der Waals surface area contributed by atoms with E-state index in [0.717, 1.165) is 23.5 Å². The highest BCUT2D eigenvalue weighted by atomic mass is 32.1. The summed E-state index contributed by atoms with van der Waals surface area (Å²) < 4.78 is 6.29. The fourth-order valence-electron chi connectivity index (χ4n) is 4.29. The van der Waals surface area contributed by atoms with Gasteiger partial charge in [0.25, 0.3) is 0 Å². The fourth-order valence-corrected chi connectivity index (χ4v) is 5.27. The minimum Gasteiger partial charge on any atom is -0.468 e. The topological polar surface area (TPSA) is 42.4 Å². The summed E-state index contributed by atoms with van der Waals surface area (Å²) in [7, 11) is 1.50. The molecule has 3 atom stereocenters. The zero-order valence-corrected chi connectivity index (χ0v) is 14.2. The molecular weight excluding hydrogens is 308 g/mol. The summed E-state index contributed by atoms with van der Waals surface area (Å²) in [5, 5.41) is 1.10. The number of likely N-dealkylation sites (tertiary alicyclic amines) is 1. The van der Waals surface area contributed by atoms with Crippen molar-refractivity contribution < 1.29 is 9.53 Å². The predicted molar refractivity (Wildman–Crippen MR) is 91.3 cm³/mol. The van der Waals surface area contributed by atoms with Gasteiger partial charge in [-0.3, -0.25) is 9.69 Å². The van der Waals surface area contributed by atoms with Crippen molar-refractivity contribution in [2.24, 2.45) is 5.92 Å². The van der Waals surface area contributed by atoms with E-state index in [9.17, 15) is 4.79 Å². The molecule has 2 aliphatic rings. The number of fused-ring (bicyclic) bond motifs is 2. The van der Waals surface area contributed by atoms with Gasteiger partial charge in [0.1, 0.15) is 11.0 Å². The van der Waals surface area contributed by atoms with Crippen LogP contribution in [-0.4, -0.2) is 35.0 Å². The van der Waals surface area contributed by atoms with E-state index in [1.54, 1.807) is 11.3 Å². The van der Waals surface area contributed by atoms with Gasteiger partial charge >= 0.3 is 5.97 Å². The van der Waals surface area contributed by atoms with E-state index in [0.29, 0.717) is 12.0 Å². The van der Waals surface area contributed by atoms with Crippen LogP contribution >= 0.6 is 11.3 Å². The number of carbonyl (C=O) groups is 1. The van der Waals surface area contributed by atoms with Crippen LogP contribution in [-0.2, 0) is 16.1 Å². The van der Waals surface area contributed by atoms with Gasteiger partial charge in [-0.15, -0.1) is 11.3 Å². The number of carbonyl (C=O) groups excluding carboxylic acids is 1. The van der Waals surface area contributed by atoms with Gasteiger partial charge in [0, 0.05) is 6.04 Å². The van der Waals surface area contributed by atoms with Crippen LogP contribution in [0.4, 0.5) is 0 Å². The number of methoxy groups -OCH3 is 1. The fraction of sp³-hybridized carbons (Fsp3) is 0.556. The maximum atomic E-state index is 12.2. The molecule has 1 saturated carbocycles. The minimum absolute atomic E-state index is 0.0829. The van der Waals surface area contributed by atoms with Gasteiger partial charge < -0.3 is 4.74 Å². The molecule has 0 bridgehead atoms. The third kappa shape index (κ3) is 2.76. The van der Waals surface area contributed by atoms with Crippen LogP contribution < -0.4 is 0 Å². The molecule has 4 rings (SSSR count). The average Bonchev–Trinajstić information content (AvgIpc) is 3.15. The molecule has 0 N–H and O–H groups in total. The Morgan fingerprint density at radius 3 is 3.00 bits per heavy atom. The number of hydrogen-bond donors (Lipinski definition) is 0. The Balaban J connectivity index is 1.61. The second-order valence-corrected chi connectivity index (χ2v) is 7.75. The lowest BCUT2D eigenvalue weighted by molar-refractivity contribution is -0.146. The lowest BCUT2D eigenvalue weighted by Gasteiger charge is -2.32. The quantitative estimate of drug-likeness (QED) is 0.807. The van der Waals surface area contributed by atoms with E-state index in [1.807, 2.05) is 6.07 Å². The van der Waals surface area contributed by atoms with Gasteiger partial charge in [0.15, 0.2) is 0 Å². The number of ether oxygens (including phenoxy) is 1. The van der Waals surface area contributed by atoms with Crippen LogP contribution in [0.1, 0.15) is 37.1 Å². The van der Waals surface area contributed by atoms with Gasteiger partial charge in [0.05, 0.1) is 23.9 Å². The largest absolute Gasteiger partial charge is 0.468 e. The van der Waals surface area contributed by atoms with Crippen molar-refractivity contribution in [1.29, 1.82) is 0 Å². The molecule has 122 valence electrons.